The van der Waals surface area contributed by atoms with Crippen LogP contribution in [0.2, 0.25) is 0 Å². The van der Waals surface area contributed by atoms with Crippen LogP contribution in [0.4, 0.5) is 10.1 Å². The Morgan fingerprint density at radius 2 is 2.40 bits per heavy atom. The third-order valence-corrected chi connectivity index (χ3v) is 2.85. The zero-order valence-electron chi connectivity index (χ0n) is 9.02. The second-order valence-electron chi connectivity index (χ2n) is 3.96. The fourth-order valence-corrected chi connectivity index (χ4v) is 2.02. The molecule has 2 N–H and O–H groups in total. The van der Waals surface area contributed by atoms with Gasteiger partial charge in [0.05, 0.1) is 5.69 Å². The molecule has 1 heterocycles. The highest BCUT2D eigenvalue weighted by molar-refractivity contribution is 5.55. The van der Waals surface area contributed by atoms with Gasteiger partial charge in [-0.05, 0) is 31.0 Å². The maximum atomic E-state index is 13.5. The Labute approximate surface area is 89.9 Å². The molecule has 0 bridgehead atoms. The maximum absolute atomic E-state index is 13.5. The van der Waals surface area contributed by atoms with Crippen molar-refractivity contribution in [2.24, 2.45) is 0 Å². The first-order valence-electron chi connectivity index (χ1n) is 5.56. The van der Waals surface area contributed by atoms with E-state index < -0.39 is 0 Å². The first kappa shape index (κ1) is 10.4. The van der Waals surface area contributed by atoms with Gasteiger partial charge in [0.1, 0.15) is 5.82 Å². The van der Waals surface area contributed by atoms with Crippen molar-refractivity contribution in [2.45, 2.75) is 25.8 Å². The molecule has 1 unspecified atom stereocenters. The van der Waals surface area contributed by atoms with Crippen LogP contribution in [0.25, 0.3) is 0 Å². The van der Waals surface area contributed by atoms with Crippen molar-refractivity contribution in [1.29, 1.82) is 0 Å². The first-order valence-corrected chi connectivity index (χ1v) is 5.56. The predicted molar refractivity (Wildman–Crippen MR) is 60.7 cm³/mol. The summed E-state index contributed by atoms with van der Waals surface area (Å²) >= 11 is 0. The number of benzene rings is 1. The summed E-state index contributed by atoms with van der Waals surface area (Å²) in [4.78, 5) is 0. The van der Waals surface area contributed by atoms with Crippen molar-refractivity contribution in [1.82, 2.24) is 5.32 Å². The molecule has 0 spiro atoms. The molecule has 1 atom stereocenters. The van der Waals surface area contributed by atoms with Crippen molar-refractivity contribution >= 4 is 5.69 Å². The number of hydrogen-bond donors (Lipinski definition) is 2. The average molecular weight is 208 g/mol. The molecule has 1 aromatic rings. The highest BCUT2D eigenvalue weighted by Crippen LogP contribution is 2.26. The van der Waals surface area contributed by atoms with Crippen molar-refractivity contribution in [3.8, 4) is 0 Å². The maximum Gasteiger partial charge on any atom is 0.146 e. The second-order valence-corrected chi connectivity index (χ2v) is 3.96. The van der Waals surface area contributed by atoms with Crippen LogP contribution in [-0.2, 0) is 6.42 Å². The number of nitrogens with one attached hydrogen (secondary N) is 2. The molecule has 0 saturated heterocycles. The van der Waals surface area contributed by atoms with Crippen LogP contribution in [0, 0.1) is 5.82 Å². The zero-order valence-corrected chi connectivity index (χ0v) is 9.02. The molecule has 0 radical (unpaired) electrons. The summed E-state index contributed by atoms with van der Waals surface area (Å²) in [6.07, 6.45) is 2.04. The van der Waals surface area contributed by atoms with E-state index in [9.17, 15) is 4.39 Å². The molecule has 15 heavy (non-hydrogen) atoms. The Morgan fingerprint density at radius 1 is 1.53 bits per heavy atom. The van der Waals surface area contributed by atoms with E-state index in [-0.39, 0.29) is 5.82 Å². The Morgan fingerprint density at radius 3 is 3.20 bits per heavy atom. The SMILES string of the molecule is CCNCC1CCc2cccc(F)c2N1. The molecule has 2 nitrogen and oxygen atoms in total. The molecular formula is C12H17FN2. The van der Waals surface area contributed by atoms with E-state index in [4.69, 9.17) is 0 Å². The van der Waals surface area contributed by atoms with Crippen molar-refractivity contribution in [3.63, 3.8) is 0 Å². The van der Waals surface area contributed by atoms with E-state index >= 15 is 0 Å². The van der Waals surface area contributed by atoms with Gasteiger partial charge in [-0.25, -0.2) is 4.39 Å². The lowest BCUT2D eigenvalue weighted by molar-refractivity contribution is 0.555. The van der Waals surface area contributed by atoms with Crippen LogP contribution >= 0.6 is 0 Å². The zero-order chi connectivity index (χ0) is 10.7. The van der Waals surface area contributed by atoms with Gasteiger partial charge >= 0.3 is 0 Å². The molecule has 0 amide bonds. The van der Waals surface area contributed by atoms with Gasteiger partial charge in [-0.2, -0.15) is 0 Å². The van der Waals surface area contributed by atoms with E-state index in [2.05, 4.69) is 17.6 Å². The lowest BCUT2D eigenvalue weighted by atomic mass is 9.98. The standard InChI is InChI=1S/C12H17FN2/c1-2-14-8-10-7-6-9-4-3-5-11(13)12(9)15-10/h3-5,10,14-15H,2,6-8H2,1H3. The van der Waals surface area contributed by atoms with Crippen LogP contribution in [0.1, 0.15) is 18.9 Å². The molecule has 0 aromatic heterocycles. The number of para-hydroxylation sites is 1. The summed E-state index contributed by atoms with van der Waals surface area (Å²) in [5.41, 5.74) is 1.80. The van der Waals surface area contributed by atoms with Gasteiger partial charge < -0.3 is 10.6 Å². The smallest absolute Gasteiger partial charge is 0.146 e. The average Bonchev–Trinajstić information content (AvgIpc) is 2.27. The largest absolute Gasteiger partial charge is 0.378 e. The number of hydrogen-bond acceptors (Lipinski definition) is 2. The molecule has 1 aliphatic heterocycles. The summed E-state index contributed by atoms with van der Waals surface area (Å²) < 4.78 is 13.5. The lowest BCUT2D eigenvalue weighted by Gasteiger charge is -2.27. The normalized spacial score (nSPS) is 19.5. The number of rotatable bonds is 3. The van der Waals surface area contributed by atoms with Crippen LogP contribution in [0.3, 0.4) is 0 Å². The Kier molecular flexibility index (Phi) is 3.21. The second kappa shape index (κ2) is 4.62. The molecule has 1 aromatic carbocycles. The van der Waals surface area contributed by atoms with Crippen molar-refractivity contribution in [3.05, 3.63) is 29.6 Å². The lowest BCUT2D eigenvalue weighted by Crippen LogP contribution is -2.36. The molecule has 0 fully saturated rings. The van der Waals surface area contributed by atoms with Crippen LogP contribution in [0.15, 0.2) is 18.2 Å². The highest BCUT2D eigenvalue weighted by atomic mass is 19.1. The summed E-state index contributed by atoms with van der Waals surface area (Å²) in [6.45, 7) is 3.95. The molecule has 82 valence electrons. The fourth-order valence-electron chi connectivity index (χ4n) is 2.02. The number of likely N-dealkylation sites (N-methyl/N-ethyl adjacent to an activating group) is 1. The predicted octanol–water partition coefficient (Wildman–Crippen LogP) is 2.16. The topological polar surface area (TPSA) is 24.1 Å². The minimum atomic E-state index is -0.131. The highest BCUT2D eigenvalue weighted by Gasteiger charge is 2.19. The van der Waals surface area contributed by atoms with E-state index in [1.807, 2.05) is 6.07 Å². The summed E-state index contributed by atoms with van der Waals surface area (Å²) in [6, 6.07) is 5.64. The minimum absolute atomic E-state index is 0.131. The van der Waals surface area contributed by atoms with Gasteiger partial charge in [0.25, 0.3) is 0 Å². The molecule has 3 heteroatoms. The van der Waals surface area contributed by atoms with Crippen molar-refractivity contribution in [2.75, 3.05) is 18.4 Å². The summed E-state index contributed by atoms with van der Waals surface area (Å²) in [7, 11) is 0. The third-order valence-electron chi connectivity index (χ3n) is 2.85. The van der Waals surface area contributed by atoms with Crippen LogP contribution in [-0.4, -0.2) is 19.1 Å². The Hall–Kier alpha value is -1.09. The van der Waals surface area contributed by atoms with Gasteiger partial charge in [0, 0.05) is 12.6 Å². The van der Waals surface area contributed by atoms with E-state index in [1.165, 1.54) is 6.07 Å². The number of halogens is 1. The molecule has 0 saturated carbocycles. The molecule has 1 aliphatic rings. The van der Waals surface area contributed by atoms with Gasteiger partial charge in [0.2, 0.25) is 0 Å². The van der Waals surface area contributed by atoms with E-state index in [1.54, 1.807) is 6.07 Å². The van der Waals surface area contributed by atoms with Gasteiger partial charge in [-0.3, -0.25) is 0 Å². The Bertz CT molecular complexity index is 338. The number of aryl methyl sites for hydroxylation is 1. The van der Waals surface area contributed by atoms with Gasteiger partial charge in [-0.15, -0.1) is 0 Å². The van der Waals surface area contributed by atoms with Crippen LogP contribution < -0.4 is 10.6 Å². The van der Waals surface area contributed by atoms with Gasteiger partial charge in [0.15, 0.2) is 0 Å². The van der Waals surface area contributed by atoms with Gasteiger partial charge in [-0.1, -0.05) is 19.1 Å². The molecule has 2 rings (SSSR count). The van der Waals surface area contributed by atoms with Crippen molar-refractivity contribution < 1.29 is 4.39 Å². The fraction of sp³-hybridized carbons (Fsp3) is 0.500. The monoisotopic (exact) mass is 208 g/mol. The number of anilines is 1. The Balaban J connectivity index is 2.08. The number of fused-ring (bicyclic) bond motifs is 1. The minimum Gasteiger partial charge on any atom is -0.378 e. The summed E-state index contributed by atoms with van der Waals surface area (Å²) in [5, 5.41) is 6.55. The van der Waals surface area contributed by atoms with E-state index in [0.717, 1.165) is 31.5 Å². The molecule has 0 aliphatic carbocycles. The first-order chi connectivity index (χ1) is 7.31. The van der Waals surface area contributed by atoms with E-state index in [0.29, 0.717) is 11.7 Å². The molecular weight excluding hydrogens is 191 g/mol. The quantitative estimate of drug-likeness (QED) is 0.795. The summed E-state index contributed by atoms with van der Waals surface area (Å²) in [5.74, 6) is -0.131. The third kappa shape index (κ3) is 2.29. The van der Waals surface area contributed by atoms with Crippen LogP contribution in [0.5, 0.6) is 0 Å².